The Hall–Kier alpha value is -5.28. The average Bonchev–Trinajstić information content (AvgIpc) is 3.03. The normalized spacial score (nSPS) is 11.0. The van der Waals surface area contributed by atoms with Crippen LogP contribution in [0.5, 0.6) is 17.2 Å². The van der Waals surface area contributed by atoms with Crippen molar-refractivity contribution in [2.45, 2.75) is 5.97 Å². The number of hydrogen-bond donors (Lipinski definition) is 0. The van der Waals surface area contributed by atoms with Gasteiger partial charge in [0, 0.05) is 5.56 Å². The van der Waals surface area contributed by atoms with Crippen molar-refractivity contribution >= 4 is 0 Å². The Morgan fingerprint density at radius 1 is 0.400 bits per heavy atom. The van der Waals surface area contributed by atoms with Gasteiger partial charge in [0.2, 0.25) is 0 Å². The fourth-order valence-electron chi connectivity index (χ4n) is 4.65. The molecule has 0 bridgehead atoms. The lowest BCUT2D eigenvalue weighted by Gasteiger charge is -2.36. The van der Waals surface area contributed by atoms with Crippen LogP contribution in [0.2, 0.25) is 0 Å². The molecule has 0 amide bonds. The largest absolute Gasteiger partial charge is 0.448 e. The van der Waals surface area contributed by atoms with Crippen LogP contribution in [-0.4, -0.2) is 0 Å². The first kappa shape index (κ1) is 25.0. The molecule has 0 spiro atoms. The summed E-state index contributed by atoms with van der Waals surface area (Å²) >= 11 is 0. The van der Waals surface area contributed by atoms with Gasteiger partial charge in [-0.05, 0) is 65.2 Å². The molecule has 0 saturated heterocycles. The highest BCUT2D eigenvalue weighted by Crippen LogP contribution is 2.43. The van der Waals surface area contributed by atoms with Gasteiger partial charge in [0.05, 0.1) is 5.56 Å². The number of rotatable bonds is 9. The Balaban J connectivity index is 1.65. The van der Waals surface area contributed by atoms with E-state index in [-0.39, 0.29) is 0 Å². The third kappa shape index (κ3) is 5.45. The minimum Gasteiger partial charge on any atom is -0.417 e. The molecule has 0 fully saturated rings. The highest BCUT2D eigenvalue weighted by Gasteiger charge is 2.44. The smallest absolute Gasteiger partial charge is 0.417 e. The van der Waals surface area contributed by atoms with Gasteiger partial charge in [-0.2, -0.15) is 0 Å². The molecular weight excluding hydrogens is 492 g/mol. The zero-order chi connectivity index (χ0) is 27.0. The molecular formula is C37H27O3. The van der Waals surface area contributed by atoms with E-state index in [0.29, 0.717) is 22.8 Å². The maximum Gasteiger partial charge on any atom is 0.448 e. The topological polar surface area (TPSA) is 27.7 Å². The fourth-order valence-corrected chi connectivity index (χ4v) is 4.65. The van der Waals surface area contributed by atoms with Gasteiger partial charge in [-0.1, -0.05) is 121 Å². The van der Waals surface area contributed by atoms with Crippen molar-refractivity contribution < 1.29 is 14.2 Å². The van der Waals surface area contributed by atoms with Crippen molar-refractivity contribution in [3.63, 3.8) is 0 Å². The summed E-state index contributed by atoms with van der Waals surface area (Å²) in [6, 6.07) is 56.6. The molecule has 3 heteroatoms. The van der Waals surface area contributed by atoms with Crippen LogP contribution in [0.25, 0.3) is 22.3 Å². The monoisotopic (exact) mass is 519 g/mol. The molecule has 0 saturated carbocycles. The first-order valence-corrected chi connectivity index (χ1v) is 13.2. The average molecular weight is 520 g/mol. The van der Waals surface area contributed by atoms with Crippen molar-refractivity contribution in [2.24, 2.45) is 0 Å². The van der Waals surface area contributed by atoms with Gasteiger partial charge in [-0.25, -0.2) is 0 Å². The van der Waals surface area contributed by atoms with Crippen LogP contribution in [-0.2, 0) is 5.97 Å². The minimum absolute atomic E-state index is 0.600. The number of ether oxygens (including phenoxy) is 3. The van der Waals surface area contributed by atoms with Crippen molar-refractivity contribution in [3.8, 4) is 39.5 Å². The summed E-state index contributed by atoms with van der Waals surface area (Å²) in [5, 5.41) is 0. The second-order valence-corrected chi connectivity index (χ2v) is 9.17. The number of benzene rings is 6. The maximum absolute atomic E-state index is 6.79. The van der Waals surface area contributed by atoms with Crippen molar-refractivity contribution in [1.29, 1.82) is 0 Å². The van der Waals surface area contributed by atoms with E-state index in [1.54, 1.807) is 0 Å². The second-order valence-electron chi connectivity index (χ2n) is 9.17. The van der Waals surface area contributed by atoms with Crippen molar-refractivity contribution in [2.75, 3.05) is 0 Å². The van der Waals surface area contributed by atoms with E-state index in [1.807, 2.05) is 140 Å². The highest BCUT2D eigenvalue weighted by molar-refractivity contribution is 5.86. The van der Waals surface area contributed by atoms with Gasteiger partial charge in [-0.15, -0.1) is 0 Å². The summed E-state index contributed by atoms with van der Waals surface area (Å²) in [5.74, 6) is 0.0980. The number of para-hydroxylation sites is 3. The van der Waals surface area contributed by atoms with Gasteiger partial charge in [-0.3, -0.25) is 0 Å². The molecule has 6 rings (SSSR count). The molecule has 40 heavy (non-hydrogen) atoms. The van der Waals surface area contributed by atoms with Crippen LogP contribution in [0.4, 0.5) is 0 Å². The quantitative estimate of drug-likeness (QED) is 0.178. The zero-order valence-corrected chi connectivity index (χ0v) is 21.8. The van der Waals surface area contributed by atoms with E-state index < -0.39 is 5.97 Å². The standard InChI is InChI=1S/C37H27O3/c1-6-17-29(18-7-1)34-27-16-28-35(36(34)30-19-8-2-9-20-30)37(38-31-21-10-3-11-22-31,39-32-23-12-4-13-24-32)40-33-25-14-5-15-26-33/h1-26,28H. The summed E-state index contributed by atoms with van der Waals surface area (Å²) in [4.78, 5) is 0. The number of hydrogen-bond acceptors (Lipinski definition) is 3. The Bertz CT molecular complexity index is 1530. The van der Waals surface area contributed by atoms with E-state index in [2.05, 4.69) is 30.3 Å². The molecule has 0 aliphatic rings. The maximum atomic E-state index is 6.79. The molecule has 0 aromatic heterocycles. The summed E-state index contributed by atoms with van der Waals surface area (Å²) in [5.41, 5.74) is 4.53. The summed E-state index contributed by atoms with van der Waals surface area (Å²) in [6.07, 6.45) is 0. The molecule has 0 atom stereocenters. The Labute approximate surface area is 234 Å². The van der Waals surface area contributed by atoms with Crippen LogP contribution < -0.4 is 14.2 Å². The van der Waals surface area contributed by atoms with Gasteiger partial charge in [0.1, 0.15) is 17.2 Å². The van der Waals surface area contributed by atoms with Crippen LogP contribution in [0.3, 0.4) is 0 Å². The third-order valence-corrected chi connectivity index (χ3v) is 6.44. The zero-order valence-electron chi connectivity index (χ0n) is 21.8. The molecule has 6 aromatic rings. The lowest BCUT2D eigenvalue weighted by molar-refractivity contribution is -0.263. The SMILES string of the molecule is [c]1ccc(C(Oc2ccccc2)(Oc2ccccc2)Oc2ccccc2)c(-c2ccccc2)c1-c1ccccc1. The predicted octanol–water partition coefficient (Wildman–Crippen LogP) is 9.17. The summed E-state index contributed by atoms with van der Waals surface area (Å²) < 4.78 is 20.4. The molecule has 0 aliphatic heterocycles. The van der Waals surface area contributed by atoms with Crippen LogP contribution in [0, 0.1) is 6.07 Å². The molecule has 0 unspecified atom stereocenters. The first-order chi connectivity index (χ1) is 19.8. The predicted molar refractivity (Wildman–Crippen MR) is 159 cm³/mol. The summed E-state index contributed by atoms with van der Waals surface area (Å²) in [7, 11) is 0. The molecule has 1 radical (unpaired) electrons. The van der Waals surface area contributed by atoms with E-state index in [9.17, 15) is 0 Å². The van der Waals surface area contributed by atoms with E-state index in [0.717, 1.165) is 22.3 Å². The third-order valence-electron chi connectivity index (χ3n) is 6.44. The van der Waals surface area contributed by atoms with E-state index in [1.165, 1.54) is 0 Å². The van der Waals surface area contributed by atoms with Crippen LogP contribution >= 0.6 is 0 Å². The minimum atomic E-state index is -1.70. The second kappa shape index (κ2) is 11.6. The van der Waals surface area contributed by atoms with Gasteiger partial charge in [0.25, 0.3) is 0 Å². The Kier molecular flexibility index (Phi) is 7.27. The van der Waals surface area contributed by atoms with Gasteiger partial charge < -0.3 is 14.2 Å². The highest BCUT2D eigenvalue weighted by atomic mass is 16.9. The van der Waals surface area contributed by atoms with Crippen molar-refractivity contribution in [3.05, 3.63) is 175 Å². The first-order valence-electron chi connectivity index (χ1n) is 13.2. The van der Waals surface area contributed by atoms with Crippen LogP contribution in [0.15, 0.2) is 164 Å². The summed E-state index contributed by atoms with van der Waals surface area (Å²) in [6.45, 7) is 0. The molecule has 6 aromatic carbocycles. The lowest BCUT2D eigenvalue weighted by Crippen LogP contribution is -2.46. The fraction of sp³-hybridized carbons (Fsp3) is 0.0270. The van der Waals surface area contributed by atoms with Crippen LogP contribution in [0.1, 0.15) is 5.56 Å². The Morgan fingerprint density at radius 3 is 1.20 bits per heavy atom. The van der Waals surface area contributed by atoms with Crippen molar-refractivity contribution in [1.82, 2.24) is 0 Å². The lowest BCUT2D eigenvalue weighted by atomic mass is 9.89. The molecule has 3 nitrogen and oxygen atoms in total. The van der Waals surface area contributed by atoms with Gasteiger partial charge in [0.15, 0.2) is 0 Å². The van der Waals surface area contributed by atoms with Gasteiger partial charge >= 0.3 is 5.97 Å². The molecule has 0 N–H and O–H groups in total. The Morgan fingerprint density at radius 2 is 0.775 bits per heavy atom. The molecule has 0 heterocycles. The molecule has 193 valence electrons. The molecule has 0 aliphatic carbocycles. The van der Waals surface area contributed by atoms with E-state index in [4.69, 9.17) is 14.2 Å². The van der Waals surface area contributed by atoms with E-state index >= 15 is 0 Å².